The maximum absolute atomic E-state index is 10.1. The monoisotopic (exact) mass is 444 g/mol. The molecule has 5 N–H and O–H groups in total. The first-order valence-corrected chi connectivity index (χ1v) is 11.7. The SMILES string of the molecule is C[C@H](CO)NC1CCC(Nc2cc(-c3cccc(NCC4(O)CC4)c3)c(Cl)cn2)CC1. The third-order valence-corrected chi connectivity index (χ3v) is 6.65. The number of halogens is 1. The Kier molecular flexibility index (Phi) is 7.02. The summed E-state index contributed by atoms with van der Waals surface area (Å²) >= 11 is 6.49. The Labute approximate surface area is 189 Å². The Balaban J connectivity index is 1.39. The van der Waals surface area contributed by atoms with Gasteiger partial charge in [-0.3, -0.25) is 0 Å². The number of aliphatic hydroxyl groups excluding tert-OH is 1. The van der Waals surface area contributed by atoms with E-state index in [9.17, 15) is 10.2 Å². The van der Waals surface area contributed by atoms with Gasteiger partial charge in [-0.15, -0.1) is 0 Å². The van der Waals surface area contributed by atoms with Gasteiger partial charge < -0.3 is 26.2 Å². The summed E-state index contributed by atoms with van der Waals surface area (Å²) in [6.07, 6.45) is 7.75. The quantitative estimate of drug-likeness (QED) is 0.401. The van der Waals surface area contributed by atoms with E-state index in [1.165, 1.54) is 0 Å². The average molecular weight is 445 g/mol. The van der Waals surface area contributed by atoms with Gasteiger partial charge in [-0.2, -0.15) is 0 Å². The van der Waals surface area contributed by atoms with Crippen molar-refractivity contribution in [1.82, 2.24) is 10.3 Å². The van der Waals surface area contributed by atoms with Crippen molar-refractivity contribution in [3.63, 3.8) is 0 Å². The Morgan fingerprint density at radius 1 is 1.16 bits per heavy atom. The molecule has 2 aliphatic carbocycles. The molecule has 7 heteroatoms. The molecule has 6 nitrogen and oxygen atoms in total. The number of hydrogen-bond acceptors (Lipinski definition) is 6. The van der Waals surface area contributed by atoms with Crippen molar-refractivity contribution in [3.05, 3.63) is 41.6 Å². The van der Waals surface area contributed by atoms with Crippen molar-refractivity contribution in [1.29, 1.82) is 0 Å². The fourth-order valence-electron chi connectivity index (χ4n) is 4.19. The largest absolute Gasteiger partial charge is 0.395 e. The fourth-order valence-corrected chi connectivity index (χ4v) is 4.40. The predicted octanol–water partition coefficient (Wildman–Crippen LogP) is 4.03. The second kappa shape index (κ2) is 9.74. The highest BCUT2D eigenvalue weighted by Gasteiger charge is 2.39. The lowest BCUT2D eigenvalue weighted by atomic mass is 9.90. The average Bonchev–Trinajstić information content (AvgIpc) is 3.52. The van der Waals surface area contributed by atoms with Crippen LogP contribution in [0.1, 0.15) is 45.4 Å². The lowest BCUT2D eigenvalue weighted by molar-refractivity contribution is 0.164. The van der Waals surface area contributed by atoms with Gasteiger partial charge in [0.25, 0.3) is 0 Å². The van der Waals surface area contributed by atoms with Crippen LogP contribution in [0.2, 0.25) is 5.02 Å². The van der Waals surface area contributed by atoms with E-state index in [0.717, 1.165) is 61.2 Å². The van der Waals surface area contributed by atoms with Gasteiger partial charge in [0.1, 0.15) is 5.82 Å². The summed E-state index contributed by atoms with van der Waals surface area (Å²) in [4.78, 5) is 4.50. The molecule has 0 saturated heterocycles. The third kappa shape index (κ3) is 6.10. The Morgan fingerprint density at radius 2 is 1.90 bits per heavy atom. The lowest BCUT2D eigenvalue weighted by Gasteiger charge is -2.31. The first kappa shape index (κ1) is 22.3. The van der Waals surface area contributed by atoms with Crippen molar-refractivity contribution in [2.75, 3.05) is 23.8 Å². The van der Waals surface area contributed by atoms with Crippen molar-refractivity contribution < 1.29 is 10.2 Å². The second-order valence-electron chi connectivity index (χ2n) is 9.15. The molecule has 0 aliphatic heterocycles. The molecule has 31 heavy (non-hydrogen) atoms. The fraction of sp³-hybridized carbons (Fsp3) is 0.542. The molecule has 2 aliphatic rings. The minimum absolute atomic E-state index is 0.146. The number of nitrogens with zero attached hydrogens (tertiary/aromatic N) is 1. The third-order valence-electron chi connectivity index (χ3n) is 6.35. The van der Waals surface area contributed by atoms with Gasteiger partial charge in [0.15, 0.2) is 0 Å². The van der Waals surface area contributed by atoms with E-state index in [1.807, 2.05) is 31.2 Å². The molecular weight excluding hydrogens is 412 g/mol. The van der Waals surface area contributed by atoms with Gasteiger partial charge in [-0.1, -0.05) is 23.7 Å². The van der Waals surface area contributed by atoms with Crippen LogP contribution in [0.25, 0.3) is 11.1 Å². The van der Waals surface area contributed by atoms with Crippen LogP contribution in [0.4, 0.5) is 11.5 Å². The van der Waals surface area contributed by atoms with E-state index in [1.54, 1.807) is 6.20 Å². The summed E-state index contributed by atoms with van der Waals surface area (Å²) in [5.74, 6) is 0.838. The maximum atomic E-state index is 10.1. The zero-order valence-corrected chi connectivity index (χ0v) is 18.8. The van der Waals surface area contributed by atoms with Crippen LogP contribution in [0.15, 0.2) is 36.5 Å². The molecule has 1 atom stereocenters. The standard InChI is InChI=1S/C24H33ClN4O2/c1-16(14-30)28-18-5-7-19(8-6-18)29-23-12-21(22(25)13-26-23)17-3-2-4-20(11-17)27-15-24(31)9-10-24/h2-4,11-13,16,18-19,27-28,30-31H,5-10,14-15H2,1H3,(H,26,29)/t16-,18?,19?/m1/s1. The summed E-state index contributed by atoms with van der Waals surface area (Å²) in [6.45, 7) is 2.76. The summed E-state index contributed by atoms with van der Waals surface area (Å²) in [6, 6.07) is 11.1. The van der Waals surface area contributed by atoms with Gasteiger partial charge >= 0.3 is 0 Å². The molecule has 0 unspecified atom stereocenters. The van der Waals surface area contributed by atoms with Crippen LogP contribution in [-0.4, -0.2) is 52.1 Å². The molecule has 2 saturated carbocycles. The number of aliphatic hydroxyl groups is 2. The van der Waals surface area contributed by atoms with Gasteiger partial charge in [-0.25, -0.2) is 4.98 Å². The van der Waals surface area contributed by atoms with E-state index in [-0.39, 0.29) is 12.6 Å². The lowest BCUT2D eigenvalue weighted by Crippen LogP contribution is -2.42. The molecule has 0 radical (unpaired) electrons. The van der Waals surface area contributed by atoms with Crippen molar-refractivity contribution in [2.45, 2.75) is 69.2 Å². The predicted molar refractivity (Wildman–Crippen MR) is 127 cm³/mol. The molecule has 0 bridgehead atoms. The van der Waals surface area contributed by atoms with Crippen molar-refractivity contribution in [3.8, 4) is 11.1 Å². The van der Waals surface area contributed by atoms with E-state index in [4.69, 9.17) is 11.6 Å². The first-order valence-electron chi connectivity index (χ1n) is 11.3. The van der Waals surface area contributed by atoms with Gasteiger partial charge in [0.05, 0.1) is 17.2 Å². The number of anilines is 2. The topological polar surface area (TPSA) is 89.4 Å². The molecule has 1 aromatic carbocycles. The molecular formula is C24H33ClN4O2. The van der Waals surface area contributed by atoms with Crippen LogP contribution in [0.5, 0.6) is 0 Å². The number of aromatic nitrogens is 1. The molecule has 0 amide bonds. The normalized spacial score (nSPS) is 23.2. The highest BCUT2D eigenvalue weighted by Crippen LogP contribution is 2.36. The smallest absolute Gasteiger partial charge is 0.126 e. The summed E-state index contributed by atoms with van der Waals surface area (Å²) in [5, 5.41) is 30.3. The van der Waals surface area contributed by atoms with Crippen molar-refractivity contribution in [2.24, 2.45) is 0 Å². The molecule has 4 rings (SSSR count). The Morgan fingerprint density at radius 3 is 2.61 bits per heavy atom. The van der Waals surface area contributed by atoms with Gasteiger partial charge in [0, 0.05) is 42.1 Å². The van der Waals surface area contributed by atoms with Gasteiger partial charge in [0.2, 0.25) is 0 Å². The minimum atomic E-state index is -0.536. The maximum Gasteiger partial charge on any atom is 0.126 e. The molecule has 1 aromatic heterocycles. The molecule has 0 spiro atoms. The minimum Gasteiger partial charge on any atom is -0.395 e. The number of pyridine rings is 1. The first-order chi connectivity index (χ1) is 14.9. The summed E-state index contributed by atoms with van der Waals surface area (Å²) in [7, 11) is 0. The van der Waals surface area contributed by atoms with Crippen LogP contribution in [-0.2, 0) is 0 Å². The zero-order chi connectivity index (χ0) is 21.8. The summed E-state index contributed by atoms with van der Waals surface area (Å²) < 4.78 is 0. The van der Waals surface area contributed by atoms with Crippen LogP contribution < -0.4 is 16.0 Å². The van der Waals surface area contributed by atoms with Gasteiger partial charge in [-0.05, 0) is 69.2 Å². The van der Waals surface area contributed by atoms with Crippen LogP contribution >= 0.6 is 11.6 Å². The number of hydrogen-bond donors (Lipinski definition) is 5. The number of benzene rings is 1. The van der Waals surface area contributed by atoms with E-state index < -0.39 is 5.60 Å². The zero-order valence-electron chi connectivity index (χ0n) is 18.1. The Hall–Kier alpha value is -1.86. The molecule has 168 valence electrons. The highest BCUT2D eigenvalue weighted by molar-refractivity contribution is 6.33. The molecule has 2 fully saturated rings. The highest BCUT2D eigenvalue weighted by atomic mass is 35.5. The molecule has 1 heterocycles. The van der Waals surface area contributed by atoms with E-state index >= 15 is 0 Å². The van der Waals surface area contributed by atoms with Crippen LogP contribution in [0.3, 0.4) is 0 Å². The van der Waals surface area contributed by atoms with E-state index in [2.05, 4.69) is 27.0 Å². The van der Waals surface area contributed by atoms with Crippen molar-refractivity contribution >= 4 is 23.1 Å². The number of nitrogens with one attached hydrogen (secondary N) is 3. The molecule has 2 aromatic rings. The number of rotatable bonds is 9. The summed E-state index contributed by atoms with van der Waals surface area (Å²) in [5.41, 5.74) is 2.41. The second-order valence-corrected chi connectivity index (χ2v) is 9.56. The van der Waals surface area contributed by atoms with E-state index in [0.29, 0.717) is 23.7 Å². The Bertz CT molecular complexity index is 882. The van der Waals surface area contributed by atoms with Crippen LogP contribution in [0, 0.1) is 0 Å².